The van der Waals surface area contributed by atoms with Crippen molar-refractivity contribution in [3.8, 4) is 0 Å². The first-order valence-electron chi connectivity index (χ1n) is 7.39. The summed E-state index contributed by atoms with van der Waals surface area (Å²) in [6.07, 6.45) is 1.68. The van der Waals surface area contributed by atoms with Crippen molar-refractivity contribution < 1.29 is 18.8 Å². The number of nitrogens with one attached hydrogen (secondary N) is 2. The molecule has 0 aromatic heterocycles. The summed E-state index contributed by atoms with van der Waals surface area (Å²) < 4.78 is 18.4. The molecular formula is C15H20FN3O4. The van der Waals surface area contributed by atoms with E-state index in [1.165, 1.54) is 0 Å². The third-order valence-electron chi connectivity index (χ3n) is 4.14. The molecule has 23 heavy (non-hydrogen) atoms. The van der Waals surface area contributed by atoms with Gasteiger partial charge in [0.1, 0.15) is 11.4 Å². The summed E-state index contributed by atoms with van der Waals surface area (Å²) in [6.45, 7) is 2.52. The zero-order valence-electron chi connectivity index (χ0n) is 12.9. The van der Waals surface area contributed by atoms with Crippen molar-refractivity contribution in [3.63, 3.8) is 0 Å². The molecule has 1 aromatic rings. The number of carbonyl (C=O) groups is 1. The Morgan fingerprint density at radius 1 is 1.48 bits per heavy atom. The predicted octanol–water partition coefficient (Wildman–Crippen LogP) is 1.48. The number of methoxy groups -OCH3 is 1. The van der Waals surface area contributed by atoms with Crippen LogP contribution in [0.3, 0.4) is 0 Å². The summed E-state index contributed by atoms with van der Waals surface area (Å²) in [7, 11) is 1.61. The Hall–Kier alpha value is -2.06. The highest BCUT2D eigenvalue weighted by molar-refractivity contribution is 5.98. The topological polar surface area (TPSA) is 93.5 Å². The van der Waals surface area contributed by atoms with Gasteiger partial charge in [-0.05, 0) is 38.1 Å². The van der Waals surface area contributed by atoms with Crippen LogP contribution in [0.5, 0.6) is 0 Å². The minimum atomic E-state index is -0.757. The number of hydrogen-bond donors (Lipinski definition) is 2. The van der Waals surface area contributed by atoms with Gasteiger partial charge in [0, 0.05) is 19.1 Å². The van der Waals surface area contributed by atoms with Gasteiger partial charge in [-0.15, -0.1) is 0 Å². The van der Waals surface area contributed by atoms with Gasteiger partial charge in [-0.2, -0.15) is 0 Å². The molecule has 2 N–H and O–H groups in total. The molecule has 1 amide bonds. The van der Waals surface area contributed by atoms with Crippen molar-refractivity contribution in [2.75, 3.05) is 33.4 Å². The first kappa shape index (κ1) is 17.3. The molecule has 0 unspecified atom stereocenters. The van der Waals surface area contributed by atoms with Crippen LogP contribution < -0.4 is 10.6 Å². The molecule has 1 aromatic carbocycles. The van der Waals surface area contributed by atoms with E-state index in [-0.39, 0.29) is 11.0 Å². The summed E-state index contributed by atoms with van der Waals surface area (Å²) in [6, 6.07) is 2.93. The Morgan fingerprint density at radius 3 is 2.78 bits per heavy atom. The number of amides is 1. The molecule has 1 fully saturated rings. The second-order valence-electron chi connectivity index (χ2n) is 5.78. The van der Waals surface area contributed by atoms with E-state index in [4.69, 9.17) is 4.74 Å². The average Bonchev–Trinajstić information content (AvgIpc) is 2.54. The Labute approximate surface area is 133 Å². The van der Waals surface area contributed by atoms with Crippen molar-refractivity contribution in [2.45, 2.75) is 12.8 Å². The summed E-state index contributed by atoms with van der Waals surface area (Å²) in [5, 5.41) is 17.0. The quantitative estimate of drug-likeness (QED) is 0.610. The molecule has 1 saturated heterocycles. The third-order valence-corrected chi connectivity index (χ3v) is 4.14. The fraction of sp³-hybridized carbons (Fsp3) is 0.533. The Morgan fingerprint density at radius 2 is 2.17 bits per heavy atom. The van der Waals surface area contributed by atoms with Crippen molar-refractivity contribution in [3.05, 3.63) is 39.7 Å². The molecule has 0 saturated carbocycles. The van der Waals surface area contributed by atoms with Gasteiger partial charge in [0.25, 0.3) is 11.6 Å². The number of hydrogen-bond acceptors (Lipinski definition) is 5. The Bertz CT molecular complexity index is 583. The predicted molar refractivity (Wildman–Crippen MR) is 81.8 cm³/mol. The van der Waals surface area contributed by atoms with Crippen LogP contribution in [0.15, 0.2) is 18.2 Å². The molecule has 1 heterocycles. The van der Waals surface area contributed by atoms with Gasteiger partial charge in [0.15, 0.2) is 0 Å². The molecule has 1 aliphatic rings. The van der Waals surface area contributed by atoms with E-state index in [9.17, 15) is 19.3 Å². The van der Waals surface area contributed by atoms with E-state index in [1.54, 1.807) is 7.11 Å². The van der Waals surface area contributed by atoms with Gasteiger partial charge >= 0.3 is 0 Å². The number of ether oxygens (including phenoxy) is 1. The lowest BCUT2D eigenvalue weighted by molar-refractivity contribution is -0.385. The molecule has 1 aliphatic heterocycles. The fourth-order valence-corrected chi connectivity index (χ4v) is 2.85. The number of rotatable bonds is 6. The Balaban J connectivity index is 2.11. The number of nitro groups is 1. The molecule has 0 bridgehead atoms. The van der Waals surface area contributed by atoms with Crippen LogP contribution in [0.25, 0.3) is 0 Å². The van der Waals surface area contributed by atoms with Gasteiger partial charge in [-0.25, -0.2) is 4.39 Å². The van der Waals surface area contributed by atoms with Gasteiger partial charge in [-0.1, -0.05) is 0 Å². The van der Waals surface area contributed by atoms with Crippen molar-refractivity contribution in [2.24, 2.45) is 5.41 Å². The number of nitro benzene ring substituents is 1. The van der Waals surface area contributed by atoms with Crippen LogP contribution in [-0.2, 0) is 4.74 Å². The maximum absolute atomic E-state index is 13.1. The SMILES string of the molecule is COCC1(CNC(=O)c2ccc(F)cc2[N+](=O)[O-])CCNCC1. The summed E-state index contributed by atoms with van der Waals surface area (Å²) in [5.74, 6) is -1.33. The summed E-state index contributed by atoms with van der Waals surface area (Å²) in [4.78, 5) is 22.5. The number of carbonyl (C=O) groups excluding carboxylic acids is 1. The zero-order chi connectivity index (χ0) is 16.9. The minimum absolute atomic E-state index is 0.141. The molecule has 8 heteroatoms. The lowest BCUT2D eigenvalue weighted by atomic mass is 9.79. The van der Waals surface area contributed by atoms with E-state index in [0.717, 1.165) is 44.1 Å². The molecule has 0 atom stereocenters. The molecule has 7 nitrogen and oxygen atoms in total. The van der Waals surface area contributed by atoms with E-state index < -0.39 is 22.3 Å². The normalized spacial score (nSPS) is 16.8. The molecular weight excluding hydrogens is 305 g/mol. The second-order valence-corrected chi connectivity index (χ2v) is 5.78. The highest BCUT2D eigenvalue weighted by Crippen LogP contribution is 2.28. The summed E-state index contributed by atoms with van der Waals surface area (Å²) in [5.41, 5.74) is -0.865. The van der Waals surface area contributed by atoms with Crippen LogP contribution in [0, 0.1) is 21.3 Å². The monoisotopic (exact) mass is 325 g/mol. The third kappa shape index (κ3) is 4.23. The highest BCUT2D eigenvalue weighted by Gasteiger charge is 2.33. The van der Waals surface area contributed by atoms with E-state index in [0.29, 0.717) is 13.2 Å². The average molecular weight is 325 g/mol. The van der Waals surface area contributed by atoms with Crippen LogP contribution >= 0.6 is 0 Å². The maximum atomic E-state index is 13.1. The maximum Gasteiger partial charge on any atom is 0.285 e. The highest BCUT2D eigenvalue weighted by atomic mass is 19.1. The first-order chi connectivity index (χ1) is 11.0. The molecule has 0 spiro atoms. The molecule has 0 radical (unpaired) electrons. The zero-order valence-corrected chi connectivity index (χ0v) is 12.9. The van der Waals surface area contributed by atoms with Gasteiger partial charge < -0.3 is 15.4 Å². The van der Waals surface area contributed by atoms with Crippen LogP contribution in [0.2, 0.25) is 0 Å². The molecule has 2 rings (SSSR count). The number of benzene rings is 1. The minimum Gasteiger partial charge on any atom is -0.384 e. The lowest BCUT2D eigenvalue weighted by Gasteiger charge is -2.37. The standard InChI is InChI=1S/C15H20FN3O4/c1-23-10-15(4-6-17-7-5-15)9-18-14(20)12-3-2-11(16)8-13(12)19(21)22/h2-3,8,17H,4-7,9-10H2,1H3,(H,18,20). The molecule has 126 valence electrons. The number of halogens is 1. The second kappa shape index (κ2) is 7.47. The van der Waals surface area contributed by atoms with Gasteiger partial charge in [0.2, 0.25) is 0 Å². The van der Waals surface area contributed by atoms with E-state index in [1.807, 2.05) is 0 Å². The van der Waals surface area contributed by atoms with Crippen molar-refractivity contribution in [1.29, 1.82) is 0 Å². The van der Waals surface area contributed by atoms with E-state index in [2.05, 4.69) is 10.6 Å². The van der Waals surface area contributed by atoms with Crippen molar-refractivity contribution >= 4 is 11.6 Å². The number of nitrogens with zero attached hydrogens (tertiary/aromatic N) is 1. The van der Waals surface area contributed by atoms with Crippen LogP contribution in [0.4, 0.5) is 10.1 Å². The van der Waals surface area contributed by atoms with Crippen LogP contribution in [0.1, 0.15) is 23.2 Å². The Kier molecular flexibility index (Phi) is 5.62. The van der Waals surface area contributed by atoms with Crippen molar-refractivity contribution in [1.82, 2.24) is 10.6 Å². The largest absolute Gasteiger partial charge is 0.384 e. The number of piperidine rings is 1. The van der Waals surface area contributed by atoms with Gasteiger partial charge in [0.05, 0.1) is 17.6 Å². The summed E-state index contributed by atoms with van der Waals surface area (Å²) >= 11 is 0. The molecule has 0 aliphatic carbocycles. The van der Waals surface area contributed by atoms with E-state index >= 15 is 0 Å². The fourth-order valence-electron chi connectivity index (χ4n) is 2.85. The van der Waals surface area contributed by atoms with Gasteiger partial charge in [-0.3, -0.25) is 14.9 Å². The lowest BCUT2D eigenvalue weighted by Crippen LogP contribution is -2.47. The smallest absolute Gasteiger partial charge is 0.285 e. The van der Waals surface area contributed by atoms with Crippen LogP contribution in [-0.4, -0.2) is 44.2 Å². The first-order valence-corrected chi connectivity index (χ1v) is 7.39.